The molecule has 23 heavy (non-hydrogen) atoms. The van der Waals surface area contributed by atoms with Gasteiger partial charge in [0.25, 0.3) is 0 Å². The summed E-state index contributed by atoms with van der Waals surface area (Å²) in [6.07, 6.45) is 1.00. The van der Waals surface area contributed by atoms with Gasteiger partial charge in [0.1, 0.15) is 0 Å². The molecule has 0 radical (unpaired) electrons. The first-order valence-electron chi connectivity index (χ1n) is 7.70. The molecular formula is C16H24N4O3. The first-order chi connectivity index (χ1) is 10.9. The lowest BCUT2D eigenvalue weighted by molar-refractivity contribution is -0.116. The van der Waals surface area contributed by atoms with Crippen molar-refractivity contribution in [2.45, 2.75) is 32.4 Å². The highest BCUT2D eigenvalue weighted by Crippen LogP contribution is 2.19. The molecule has 0 saturated carbocycles. The molecule has 1 amide bonds. The van der Waals surface area contributed by atoms with Gasteiger partial charge in [0.05, 0.1) is 5.52 Å². The van der Waals surface area contributed by atoms with E-state index < -0.39 is 0 Å². The zero-order chi connectivity index (χ0) is 17.0. The Morgan fingerprint density at radius 3 is 2.83 bits per heavy atom. The number of fused-ring (bicyclic) bond motifs is 1. The maximum absolute atomic E-state index is 11.9. The SMILES string of the molecule is CC(N)CCC(=O)Nc1ccc2oc(=O)n(CCN(C)C)c2c1. The Balaban J connectivity index is 2.18. The molecule has 0 fully saturated rings. The second-order valence-electron chi connectivity index (χ2n) is 6.07. The molecule has 1 heterocycles. The Hall–Kier alpha value is -2.12. The molecule has 0 spiro atoms. The van der Waals surface area contributed by atoms with E-state index >= 15 is 0 Å². The summed E-state index contributed by atoms with van der Waals surface area (Å²) in [5.74, 6) is -0.477. The number of rotatable bonds is 7. The molecule has 0 aliphatic rings. The van der Waals surface area contributed by atoms with Gasteiger partial charge in [-0.15, -0.1) is 0 Å². The number of nitrogens with two attached hydrogens (primary N) is 1. The van der Waals surface area contributed by atoms with Crippen LogP contribution in [-0.4, -0.2) is 42.1 Å². The fourth-order valence-electron chi connectivity index (χ4n) is 2.23. The summed E-state index contributed by atoms with van der Waals surface area (Å²) in [7, 11) is 3.88. The highest BCUT2D eigenvalue weighted by atomic mass is 16.4. The third-order valence-corrected chi connectivity index (χ3v) is 3.55. The lowest BCUT2D eigenvalue weighted by Crippen LogP contribution is -2.23. The number of hydrogen-bond acceptors (Lipinski definition) is 5. The van der Waals surface area contributed by atoms with Crippen LogP contribution in [0, 0.1) is 0 Å². The molecule has 0 saturated heterocycles. The summed E-state index contributed by atoms with van der Waals surface area (Å²) < 4.78 is 6.81. The van der Waals surface area contributed by atoms with Crippen LogP contribution in [0.25, 0.3) is 11.1 Å². The van der Waals surface area contributed by atoms with Crippen LogP contribution in [0.3, 0.4) is 0 Å². The van der Waals surface area contributed by atoms with Crippen LogP contribution < -0.4 is 16.8 Å². The summed E-state index contributed by atoms with van der Waals surface area (Å²) in [6, 6.07) is 5.18. The van der Waals surface area contributed by atoms with Crippen LogP contribution in [0.2, 0.25) is 0 Å². The van der Waals surface area contributed by atoms with Gasteiger partial charge in [0.15, 0.2) is 5.58 Å². The van der Waals surface area contributed by atoms with Crippen molar-refractivity contribution in [3.05, 3.63) is 28.7 Å². The van der Waals surface area contributed by atoms with Crippen molar-refractivity contribution in [2.75, 3.05) is 26.0 Å². The van der Waals surface area contributed by atoms with Gasteiger partial charge in [-0.05, 0) is 45.6 Å². The zero-order valence-electron chi connectivity index (χ0n) is 13.8. The van der Waals surface area contributed by atoms with Crippen molar-refractivity contribution in [2.24, 2.45) is 5.73 Å². The standard InChI is InChI=1S/C16H24N4O3/c1-11(17)4-7-15(21)18-12-5-6-14-13(10-12)20(16(22)23-14)9-8-19(2)3/h5-6,10-11H,4,7-9,17H2,1-3H3,(H,18,21). The zero-order valence-corrected chi connectivity index (χ0v) is 13.8. The van der Waals surface area contributed by atoms with E-state index in [0.29, 0.717) is 36.2 Å². The molecule has 0 aliphatic heterocycles. The number of likely N-dealkylation sites (N-methyl/N-ethyl adjacent to an activating group) is 1. The predicted molar refractivity (Wildman–Crippen MR) is 90.5 cm³/mol. The van der Waals surface area contributed by atoms with Crippen LogP contribution in [0.5, 0.6) is 0 Å². The molecule has 7 nitrogen and oxygen atoms in total. The molecule has 7 heteroatoms. The number of hydrogen-bond donors (Lipinski definition) is 2. The van der Waals surface area contributed by atoms with Gasteiger partial charge < -0.3 is 20.4 Å². The second kappa shape index (κ2) is 7.43. The molecule has 126 valence electrons. The van der Waals surface area contributed by atoms with Gasteiger partial charge in [-0.1, -0.05) is 0 Å². The number of carbonyl (C=O) groups is 1. The minimum Gasteiger partial charge on any atom is -0.408 e. The van der Waals surface area contributed by atoms with E-state index in [0.717, 1.165) is 6.54 Å². The molecule has 1 unspecified atom stereocenters. The van der Waals surface area contributed by atoms with E-state index in [1.807, 2.05) is 25.9 Å². The molecule has 2 aromatic rings. The van der Waals surface area contributed by atoms with Gasteiger partial charge in [-0.3, -0.25) is 9.36 Å². The molecule has 3 N–H and O–H groups in total. The number of carbonyl (C=O) groups excluding carboxylic acids is 1. The van der Waals surface area contributed by atoms with Gasteiger partial charge in [-0.25, -0.2) is 4.79 Å². The first-order valence-corrected chi connectivity index (χ1v) is 7.70. The number of oxazole rings is 1. The van der Waals surface area contributed by atoms with Gasteiger partial charge >= 0.3 is 5.76 Å². The molecule has 0 bridgehead atoms. The third kappa shape index (κ3) is 4.67. The van der Waals surface area contributed by atoms with Crippen LogP contribution in [0.1, 0.15) is 19.8 Å². The molecular weight excluding hydrogens is 296 g/mol. The molecule has 0 aliphatic carbocycles. The number of nitrogens with one attached hydrogen (secondary N) is 1. The molecule has 1 atom stereocenters. The summed E-state index contributed by atoms with van der Waals surface area (Å²) in [5, 5.41) is 2.83. The number of anilines is 1. The highest BCUT2D eigenvalue weighted by molar-refractivity contribution is 5.92. The Labute approximate surface area is 135 Å². The quantitative estimate of drug-likeness (QED) is 0.800. The Kier molecular flexibility index (Phi) is 5.57. The Bertz CT molecular complexity index is 730. The van der Waals surface area contributed by atoms with E-state index in [1.165, 1.54) is 0 Å². The third-order valence-electron chi connectivity index (χ3n) is 3.55. The Morgan fingerprint density at radius 1 is 1.43 bits per heavy atom. The van der Waals surface area contributed by atoms with E-state index in [1.54, 1.807) is 22.8 Å². The smallest absolute Gasteiger partial charge is 0.408 e. The van der Waals surface area contributed by atoms with E-state index in [2.05, 4.69) is 5.32 Å². The van der Waals surface area contributed by atoms with Crippen LogP contribution in [0.15, 0.2) is 27.4 Å². The topological polar surface area (TPSA) is 93.5 Å². The van der Waals surface area contributed by atoms with Crippen molar-refractivity contribution < 1.29 is 9.21 Å². The maximum atomic E-state index is 11.9. The summed E-state index contributed by atoms with van der Waals surface area (Å²) in [4.78, 5) is 25.8. The summed E-state index contributed by atoms with van der Waals surface area (Å²) >= 11 is 0. The van der Waals surface area contributed by atoms with E-state index in [-0.39, 0.29) is 17.7 Å². The van der Waals surface area contributed by atoms with E-state index in [4.69, 9.17) is 10.2 Å². The average Bonchev–Trinajstić information content (AvgIpc) is 2.78. The average molecular weight is 320 g/mol. The second-order valence-corrected chi connectivity index (χ2v) is 6.07. The molecule has 2 rings (SSSR count). The van der Waals surface area contributed by atoms with Gasteiger partial charge in [0.2, 0.25) is 5.91 Å². The van der Waals surface area contributed by atoms with Gasteiger partial charge in [-0.2, -0.15) is 0 Å². The highest BCUT2D eigenvalue weighted by Gasteiger charge is 2.11. The van der Waals surface area contributed by atoms with Crippen LogP contribution in [-0.2, 0) is 11.3 Å². The number of aromatic nitrogens is 1. The predicted octanol–water partition coefficient (Wildman–Crippen LogP) is 1.22. The minimum atomic E-state index is -0.387. The number of amides is 1. The molecule has 1 aromatic carbocycles. The minimum absolute atomic E-state index is 0.00619. The fraction of sp³-hybridized carbons (Fsp3) is 0.500. The monoisotopic (exact) mass is 320 g/mol. The summed E-state index contributed by atoms with van der Waals surface area (Å²) in [6.45, 7) is 3.12. The fourth-order valence-corrected chi connectivity index (χ4v) is 2.23. The van der Waals surface area contributed by atoms with Gasteiger partial charge in [0, 0.05) is 31.2 Å². The first kappa shape index (κ1) is 17.2. The van der Waals surface area contributed by atoms with Crippen LogP contribution >= 0.6 is 0 Å². The number of benzene rings is 1. The maximum Gasteiger partial charge on any atom is 0.419 e. The molecule has 1 aromatic heterocycles. The normalized spacial score (nSPS) is 12.7. The van der Waals surface area contributed by atoms with E-state index in [9.17, 15) is 9.59 Å². The van der Waals surface area contributed by atoms with Crippen molar-refractivity contribution >= 4 is 22.7 Å². The largest absolute Gasteiger partial charge is 0.419 e. The summed E-state index contributed by atoms with van der Waals surface area (Å²) in [5.41, 5.74) is 7.50. The van der Waals surface area contributed by atoms with Crippen molar-refractivity contribution in [3.8, 4) is 0 Å². The van der Waals surface area contributed by atoms with Crippen LogP contribution in [0.4, 0.5) is 5.69 Å². The van der Waals surface area contributed by atoms with Crippen molar-refractivity contribution in [3.63, 3.8) is 0 Å². The van der Waals surface area contributed by atoms with Crippen molar-refractivity contribution in [1.29, 1.82) is 0 Å². The van der Waals surface area contributed by atoms with Crippen molar-refractivity contribution in [1.82, 2.24) is 9.47 Å². The Morgan fingerprint density at radius 2 is 2.17 bits per heavy atom. The number of nitrogens with zero attached hydrogens (tertiary/aromatic N) is 2. The lowest BCUT2D eigenvalue weighted by Gasteiger charge is -2.10. The lowest BCUT2D eigenvalue weighted by atomic mass is 10.2.